The van der Waals surface area contributed by atoms with Crippen LogP contribution < -0.4 is 5.32 Å². The molecule has 1 aromatic carbocycles. The molecule has 2 aromatic rings. The van der Waals surface area contributed by atoms with Gasteiger partial charge in [-0.1, -0.05) is 44.2 Å². The average Bonchev–Trinajstić information content (AvgIpc) is 3.06. The highest BCUT2D eigenvalue weighted by Gasteiger charge is 2.30. The molecule has 0 aliphatic carbocycles. The van der Waals surface area contributed by atoms with Crippen LogP contribution in [0.25, 0.3) is 0 Å². The van der Waals surface area contributed by atoms with Crippen LogP contribution >= 0.6 is 0 Å². The first-order valence-corrected chi connectivity index (χ1v) is 10.4. The maximum absolute atomic E-state index is 12.5. The number of carbonyl (C=O) groups is 1. The summed E-state index contributed by atoms with van der Waals surface area (Å²) in [4.78, 5) is 12.3. The number of rotatable bonds is 9. The van der Waals surface area contributed by atoms with Crippen LogP contribution in [0.15, 0.2) is 30.3 Å². The summed E-state index contributed by atoms with van der Waals surface area (Å²) in [5.74, 6) is -0.526. The number of amides is 1. The second kappa shape index (κ2) is 8.88. The molecular weight excluding hydrogens is 354 g/mol. The van der Waals surface area contributed by atoms with E-state index in [1.54, 1.807) is 0 Å². The Bertz CT molecular complexity index is 820. The van der Waals surface area contributed by atoms with Crippen molar-refractivity contribution in [3.05, 3.63) is 41.7 Å². The Labute approximate surface area is 153 Å². The van der Waals surface area contributed by atoms with Crippen molar-refractivity contribution >= 4 is 15.7 Å². The first-order chi connectivity index (χ1) is 12.3. The lowest BCUT2D eigenvalue weighted by Crippen LogP contribution is -2.40. The zero-order valence-electron chi connectivity index (χ0n) is 15.3. The third-order valence-electron chi connectivity index (χ3n) is 4.23. The second-order valence-electron chi connectivity index (χ2n) is 6.32. The molecule has 1 heterocycles. The number of tetrazole rings is 1. The monoisotopic (exact) mass is 379 g/mol. The Hall–Kier alpha value is -2.29. The summed E-state index contributed by atoms with van der Waals surface area (Å²) >= 11 is 0. The van der Waals surface area contributed by atoms with Gasteiger partial charge in [-0.15, -0.1) is 5.10 Å². The quantitative estimate of drug-likeness (QED) is 0.704. The highest BCUT2D eigenvalue weighted by molar-refractivity contribution is 7.92. The minimum Gasteiger partial charge on any atom is -0.354 e. The maximum atomic E-state index is 12.5. The van der Waals surface area contributed by atoms with E-state index >= 15 is 0 Å². The van der Waals surface area contributed by atoms with Gasteiger partial charge in [0.2, 0.25) is 5.91 Å². The lowest BCUT2D eigenvalue weighted by Gasteiger charge is -2.16. The number of benzene rings is 1. The standard InChI is InChI=1S/C17H25N5O3S/c1-4-10-22-16(19-20-21-22)12-26(24,25)14(3)17(23)18-11-13(2)15-8-6-5-7-9-15/h5-9,13-14H,4,10-12H2,1-3H3,(H,18,23). The van der Waals surface area contributed by atoms with Crippen molar-refractivity contribution in [1.29, 1.82) is 0 Å². The third kappa shape index (κ3) is 5.10. The summed E-state index contributed by atoms with van der Waals surface area (Å²) in [7, 11) is -3.71. The van der Waals surface area contributed by atoms with Crippen molar-refractivity contribution in [2.24, 2.45) is 0 Å². The summed E-state index contributed by atoms with van der Waals surface area (Å²) in [6.07, 6.45) is 0.783. The first-order valence-electron chi connectivity index (χ1n) is 8.64. The van der Waals surface area contributed by atoms with Crippen LogP contribution in [0.3, 0.4) is 0 Å². The zero-order valence-corrected chi connectivity index (χ0v) is 16.1. The fourth-order valence-electron chi connectivity index (χ4n) is 2.48. The van der Waals surface area contributed by atoms with Gasteiger partial charge in [-0.3, -0.25) is 4.79 Å². The van der Waals surface area contributed by atoms with Crippen LogP contribution in [0.4, 0.5) is 0 Å². The molecule has 0 bridgehead atoms. The number of carbonyl (C=O) groups excluding carboxylic acids is 1. The first kappa shape index (κ1) is 20.0. The van der Waals surface area contributed by atoms with Crippen molar-refractivity contribution in [2.45, 2.75) is 50.7 Å². The molecule has 1 amide bonds. The smallest absolute Gasteiger partial charge is 0.238 e. The number of hydrogen-bond donors (Lipinski definition) is 1. The molecule has 2 rings (SSSR count). The topological polar surface area (TPSA) is 107 Å². The van der Waals surface area contributed by atoms with E-state index < -0.39 is 21.0 Å². The Balaban J connectivity index is 1.96. The third-order valence-corrected chi connectivity index (χ3v) is 6.18. The molecule has 1 N–H and O–H groups in total. The Kier molecular flexibility index (Phi) is 6.84. The molecule has 9 heteroatoms. The Morgan fingerprint density at radius 1 is 1.23 bits per heavy atom. The van der Waals surface area contributed by atoms with Crippen molar-refractivity contribution < 1.29 is 13.2 Å². The molecule has 2 atom stereocenters. The van der Waals surface area contributed by atoms with Gasteiger partial charge in [-0.25, -0.2) is 13.1 Å². The van der Waals surface area contributed by atoms with Crippen molar-refractivity contribution in [3.63, 3.8) is 0 Å². The minimum absolute atomic E-state index is 0.0897. The van der Waals surface area contributed by atoms with Gasteiger partial charge in [0.05, 0.1) is 0 Å². The summed E-state index contributed by atoms with van der Waals surface area (Å²) < 4.78 is 26.5. The minimum atomic E-state index is -3.71. The van der Waals surface area contributed by atoms with Gasteiger partial charge >= 0.3 is 0 Å². The number of sulfone groups is 1. The fraction of sp³-hybridized carbons (Fsp3) is 0.529. The number of nitrogens with one attached hydrogen (secondary N) is 1. The van der Waals surface area contributed by atoms with Crippen molar-refractivity contribution in [3.8, 4) is 0 Å². The lowest BCUT2D eigenvalue weighted by molar-refractivity contribution is -0.120. The molecule has 0 aliphatic rings. The summed E-state index contributed by atoms with van der Waals surface area (Å²) in [5, 5.41) is 12.6. The van der Waals surface area contributed by atoms with Gasteiger partial charge < -0.3 is 5.32 Å². The predicted octanol–water partition coefficient (Wildman–Crippen LogP) is 1.31. The van der Waals surface area contributed by atoms with Crippen molar-refractivity contribution in [1.82, 2.24) is 25.5 Å². The van der Waals surface area contributed by atoms with E-state index in [4.69, 9.17) is 0 Å². The van der Waals surface area contributed by atoms with E-state index in [0.29, 0.717) is 13.1 Å². The Morgan fingerprint density at radius 3 is 2.58 bits per heavy atom. The molecule has 0 aliphatic heterocycles. The molecule has 8 nitrogen and oxygen atoms in total. The molecule has 0 fully saturated rings. The summed E-state index contributed by atoms with van der Waals surface area (Å²) in [5.41, 5.74) is 1.09. The summed E-state index contributed by atoms with van der Waals surface area (Å²) in [6, 6.07) is 9.74. The van der Waals surface area contributed by atoms with E-state index in [9.17, 15) is 13.2 Å². The average molecular weight is 379 g/mol. The molecular formula is C17H25N5O3S. The van der Waals surface area contributed by atoms with Crippen LogP contribution in [0, 0.1) is 0 Å². The number of aryl methyl sites for hydroxylation is 1. The predicted molar refractivity (Wildman–Crippen MR) is 98.1 cm³/mol. The molecule has 2 unspecified atom stereocenters. The van der Waals surface area contributed by atoms with Gasteiger partial charge in [0, 0.05) is 13.1 Å². The van der Waals surface area contributed by atoms with Crippen LogP contribution in [0.1, 0.15) is 44.5 Å². The fourth-order valence-corrected chi connectivity index (χ4v) is 3.70. The highest BCUT2D eigenvalue weighted by Crippen LogP contribution is 2.14. The molecule has 26 heavy (non-hydrogen) atoms. The van der Waals surface area contributed by atoms with E-state index in [0.717, 1.165) is 12.0 Å². The van der Waals surface area contributed by atoms with E-state index in [1.165, 1.54) is 11.6 Å². The Morgan fingerprint density at radius 2 is 1.92 bits per heavy atom. The molecule has 0 radical (unpaired) electrons. The molecule has 0 spiro atoms. The van der Waals surface area contributed by atoms with E-state index in [2.05, 4.69) is 20.8 Å². The van der Waals surface area contributed by atoms with Gasteiger partial charge in [-0.2, -0.15) is 0 Å². The van der Waals surface area contributed by atoms with E-state index in [-0.39, 0.29) is 17.5 Å². The molecule has 0 saturated heterocycles. The van der Waals surface area contributed by atoms with Crippen molar-refractivity contribution in [2.75, 3.05) is 6.54 Å². The van der Waals surface area contributed by atoms with Gasteiger partial charge in [0.25, 0.3) is 0 Å². The van der Waals surface area contributed by atoms with Crippen LogP contribution in [0.5, 0.6) is 0 Å². The lowest BCUT2D eigenvalue weighted by atomic mass is 10.0. The normalized spacial score (nSPS) is 14.0. The largest absolute Gasteiger partial charge is 0.354 e. The highest BCUT2D eigenvalue weighted by atomic mass is 32.2. The van der Waals surface area contributed by atoms with Crippen LogP contribution in [-0.2, 0) is 26.9 Å². The number of aromatic nitrogens is 4. The van der Waals surface area contributed by atoms with E-state index in [1.807, 2.05) is 44.2 Å². The van der Waals surface area contributed by atoms with Crippen LogP contribution in [0.2, 0.25) is 0 Å². The number of hydrogen-bond acceptors (Lipinski definition) is 6. The number of nitrogens with zero attached hydrogens (tertiary/aromatic N) is 4. The SMILES string of the molecule is CCCn1nnnc1CS(=O)(=O)C(C)C(=O)NCC(C)c1ccccc1. The second-order valence-corrected chi connectivity index (χ2v) is 8.65. The van der Waals surface area contributed by atoms with Gasteiger partial charge in [0.15, 0.2) is 15.7 Å². The molecule has 142 valence electrons. The molecule has 1 aromatic heterocycles. The van der Waals surface area contributed by atoms with Gasteiger partial charge in [-0.05, 0) is 35.3 Å². The van der Waals surface area contributed by atoms with Crippen LogP contribution in [-0.4, -0.2) is 46.3 Å². The summed E-state index contributed by atoms with van der Waals surface area (Å²) in [6.45, 7) is 6.23. The molecule has 0 saturated carbocycles. The zero-order chi connectivity index (χ0) is 19.2. The van der Waals surface area contributed by atoms with Gasteiger partial charge in [0.1, 0.15) is 11.0 Å². The maximum Gasteiger partial charge on any atom is 0.238 e.